The van der Waals surface area contributed by atoms with E-state index in [1.54, 1.807) is 29.4 Å². The summed E-state index contributed by atoms with van der Waals surface area (Å²) in [6.07, 6.45) is 5.46. The van der Waals surface area contributed by atoms with Gasteiger partial charge in [0.1, 0.15) is 0 Å². The Bertz CT molecular complexity index is 763. The minimum absolute atomic E-state index is 0.00187. The molecule has 1 amide bonds. The molecule has 26 heavy (non-hydrogen) atoms. The first kappa shape index (κ1) is 17.1. The summed E-state index contributed by atoms with van der Waals surface area (Å²) < 4.78 is 26.1. The van der Waals surface area contributed by atoms with Crippen molar-refractivity contribution in [1.82, 2.24) is 20.0 Å². The number of rotatable bonds is 3. The van der Waals surface area contributed by atoms with Crippen LogP contribution in [-0.4, -0.2) is 52.2 Å². The predicted molar refractivity (Wildman–Crippen MR) is 89.7 cm³/mol. The van der Waals surface area contributed by atoms with E-state index in [-0.39, 0.29) is 30.7 Å². The Balaban J connectivity index is 1.51. The Labute approximate surface area is 150 Å². The van der Waals surface area contributed by atoms with Gasteiger partial charge in [0.25, 0.3) is 5.89 Å². The minimum atomic E-state index is -1.81. The monoisotopic (exact) mass is 360 g/mol. The number of halogens is 1. The zero-order chi connectivity index (χ0) is 18.0. The van der Waals surface area contributed by atoms with Crippen molar-refractivity contribution >= 4 is 5.91 Å². The van der Waals surface area contributed by atoms with Crippen molar-refractivity contribution in [3.05, 3.63) is 30.4 Å². The molecule has 138 valence electrons. The first-order chi connectivity index (χ1) is 12.7. The predicted octanol–water partition coefficient (Wildman–Crippen LogP) is 2.35. The van der Waals surface area contributed by atoms with E-state index in [1.807, 2.05) is 0 Å². The quantitative estimate of drug-likeness (QED) is 0.836. The largest absolute Gasteiger partial charge is 0.381 e. The van der Waals surface area contributed by atoms with Crippen molar-refractivity contribution in [3.8, 4) is 11.4 Å². The topological polar surface area (TPSA) is 81.4 Å². The molecule has 2 saturated heterocycles. The van der Waals surface area contributed by atoms with Crippen LogP contribution in [-0.2, 0) is 15.2 Å². The SMILES string of the molecule is O=C(C1CCOCC1)N1CCCC(F)(c2nc(-c3cccnc3)no2)C1. The maximum absolute atomic E-state index is 15.6. The van der Waals surface area contributed by atoms with Crippen LogP contribution in [0.3, 0.4) is 0 Å². The number of carbonyl (C=O) groups is 1. The van der Waals surface area contributed by atoms with E-state index in [4.69, 9.17) is 9.26 Å². The van der Waals surface area contributed by atoms with Crippen LogP contribution in [0.1, 0.15) is 31.6 Å². The highest BCUT2D eigenvalue weighted by molar-refractivity contribution is 5.79. The van der Waals surface area contributed by atoms with Crippen LogP contribution in [0.25, 0.3) is 11.4 Å². The molecule has 0 bridgehead atoms. The lowest BCUT2D eigenvalue weighted by atomic mass is 9.91. The van der Waals surface area contributed by atoms with Gasteiger partial charge in [0, 0.05) is 43.6 Å². The second-order valence-electron chi connectivity index (χ2n) is 6.88. The Hall–Kier alpha value is -2.35. The fraction of sp³-hybridized carbons (Fsp3) is 0.556. The molecule has 0 aliphatic carbocycles. The van der Waals surface area contributed by atoms with Gasteiger partial charge in [0.2, 0.25) is 17.4 Å². The molecule has 2 fully saturated rings. The third-order valence-electron chi connectivity index (χ3n) is 5.05. The van der Waals surface area contributed by atoms with E-state index in [2.05, 4.69) is 15.1 Å². The normalized spacial score (nSPS) is 24.6. The first-order valence-corrected chi connectivity index (χ1v) is 8.96. The molecule has 0 radical (unpaired) electrons. The van der Waals surface area contributed by atoms with Crippen LogP contribution >= 0.6 is 0 Å². The Kier molecular flexibility index (Phi) is 4.67. The van der Waals surface area contributed by atoms with Crippen molar-refractivity contribution < 1.29 is 18.4 Å². The number of nitrogens with zero attached hydrogens (tertiary/aromatic N) is 4. The number of likely N-dealkylation sites (tertiary alicyclic amines) is 1. The van der Waals surface area contributed by atoms with Gasteiger partial charge in [-0.25, -0.2) is 4.39 Å². The van der Waals surface area contributed by atoms with Crippen LogP contribution < -0.4 is 0 Å². The number of ether oxygens (including phenoxy) is 1. The molecule has 0 aromatic carbocycles. The van der Waals surface area contributed by atoms with Gasteiger partial charge in [-0.3, -0.25) is 9.78 Å². The van der Waals surface area contributed by atoms with Crippen LogP contribution in [0.4, 0.5) is 4.39 Å². The number of hydrogen-bond donors (Lipinski definition) is 0. The van der Waals surface area contributed by atoms with E-state index in [0.717, 1.165) is 0 Å². The molecule has 0 saturated carbocycles. The zero-order valence-corrected chi connectivity index (χ0v) is 14.4. The molecule has 4 heterocycles. The minimum Gasteiger partial charge on any atom is -0.381 e. The van der Waals surface area contributed by atoms with Gasteiger partial charge in [0.05, 0.1) is 6.54 Å². The first-order valence-electron chi connectivity index (χ1n) is 8.96. The smallest absolute Gasteiger partial charge is 0.266 e. The molecular formula is C18H21FN4O3. The van der Waals surface area contributed by atoms with E-state index in [9.17, 15) is 4.79 Å². The van der Waals surface area contributed by atoms with Gasteiger partial charge in [0.15, 0.2) is 0 Å². The highest BCUT2D eigenvalue weighted by atomic mass is 19.1. The number of carbonyl (C=O) groups excluding carboxylic acids is 1. The number of pyridine rings is 1. The second kappa shape index (κ2) is 7.11. The molecule has 7 nitrogen and oxygen atoms in total. The molecule has 0 N–H and O–H groups in total. The standard InChI is InChI=1S/C18H21FN4O3/c19-18(17-21-15(22-26-17)14-3-1-7-20-11-14)6-2-8-23(12-18)16(24)13-4-9-25-10-5-13/h1,3,7,11,13H,2,4-6,8-10,12H2. The number of piperidine rings is 1. The molecule has 2 aliphatic heterocycles. The summed E-state index contributed by atoms with van der Waals surface area (Å²) in [6, 6.07) is 3.54. The van der Waals surface area contributed by atoms with Crippen molar-refractivity contribution in [1.29, 1.82) is 0 Å². The summed E-state index contributed by atoms with van der Waals surface area (Å²) in [7, 11) is 0. The summed E-state index contributed by atoms with van der Waals surface area (Å²) >= 11 is 0. The zero-order valence-electron chi connectivity index (χ0n) is 14.4. The summed E-state index contributed by atoms with van der Waals surface area (Å²) in [5, 5.41) is 3.88. The summed E-state index contributed by atoms with van der Waals surface area (Å²) in [6.45, 7) is 1.69. The van der Waals surface area contributed by atoms with Crippen molar-refractivity contribution in [2.45, 2.75) is 31.4 Å². The van der Waals surface area contributed by atoms with Crippen LogP contribution in [0, 0.1) is 5.92 Å². The van der Waals surface area contributed by atoms with Crippen molar-refractivity contribution in [2.75, 3.05) is 26.3 Å². The average molecular weight is 360 g/mol. The highest BCUT2D eigenvalue weighted by Crippen LogP contribution is 2.36. The van der Waals surface area contributed by atoms with Crippen LogP contribution in [0.2, 0.25) is 0 Å². The molecule has 1 unspecified atom stereocenters. The van der Waals surface area contributed by atoms with Crippen molar-refractivity contribution in [2.24, 2.45) is 5.92 Å². The third kappa shape index (κ3) is 3.33. The number of aromatic nitrogens is 3. The number of hydrogen-bond acceptors (Lipinski definition) is 6. The van der Waals surface area contributed by atoms with Crippen LogP contribution in [0.15, 0.2) is 29.0 Å². The lowest BCUT2D eigenvalue weighted by Gasteiger charge is -2.37. The van der Waals surface area contributed by atoms with Gasteiger partial charge in [-0.2, -0.15) is 4.98 Å². The number of amides is 1. The van der Waals surface area contributed by atoms with Gasteiger partial charge >= 0.3 is 0 Å². The molecule has 4 rings (SSSR count). The Morgan fingerprint density at radius 1 is 1.35 bits per heavy atom. The van der Waals surface area contributed by atoms with Gasteiger partial charge in [-0.1, -0.05) is 5.16 Å². The fourth-order valence-electron chi connectivity index (χ4n) is 3.59. The van der Waals surface area contributed by atoms with Crippen LogP contribution in [0.5, 0.6) is 0 Å². The lowest BCUT2D eigenvalue weighted by Crippen LogP contribution is -2.49. The Morgan fingerprint density at radius 2 is 2.19 bits per heavy atom. The lowest BCUT2D eigenvalue weighted by molar-refractivity contribution is -0.143. The fourth-order valence-corrected chi connectivity index (χ4v) is 3.59. The molecule has 2 aromatic rings. The maximum Gasteiger partial charge on any atom is 0.266 e. The molecule has 0 spiro atoms. The highest BCUT2D eigenvalue weighted by Gasteiger charge is 2.44. The average Bonchev–Trinajstić information content (AvgIpc) is 3.20. The molecule has 8 heteroatoms. The second-order valence-corrected chi connectivity index (χ2v) is 6.88. The Morgan fingerprint density at radius 3 is 2.96 bits per heavy atom. The molecular weight excluding hydrogens is 339 g/mol. The number of alkyl halides is 1. The van der Waals surface area contributed by atoms with Gasteiger partial charge in [-0.15, -0.1) is 0 Å². The van der Waals surface area contributed by atoms with E-state index in [0.29, 0.717) is 50.4 Å². The van der Waals surface area contributed by atoms with Gasteiger partial charge < -0.3 is 14.2 Å². The van der Waals surface area contributed by atoms with E-state index < -0.39 is 5.67 Å². The summed E-state index contributed by atoms with van der Waals surface area (Å²) in [5.74, 6) is 0.153. The summed E-state index contributed by atoms with van der Waals surface area (Å²) in [5.41, 5.74) is -1.15. The summed E-state index contributed by atoms with van der Waals surface area (Å²) in [4.78, 5) is 22.6. The third-order valence-corrected chi connectivity index (χ3v) is 5.05. The van der Waals surface area contributed by atoms with E-state index in [1.165, 1.54) is 0 Å². The van der Waals surface area contributed by atoms with Crippen molar-refractivity contribution in [3.63, 3.8) is 0 Å². The van der Waals surface area contributed by atoms with E-state index >= 15 is 4.39 Å². The molecule has 2 aromatic heterocycles. The maximum atomic E-state index is 15.6. The van der Waals surface area contributed by atoms with Gasteiger partial charge in [-0.05, 0) is 37.8 Å². The molecule has 2 aliphatic rings. The molecule has 1 atom stereocenters.